The minimum absolute atomic E-state index is 0.639. The van der Waals surface area contributed by atoms with Crippen LogP contribution in [0, 0.1) is 0 Å². The van der Waals surface area contributed by atoms with Crippen molar-refractivity contribution in [1.82, 2.24) is 14.8 Å². The molecule has 26 heavy (non-hydrogen) atoms. The molecule has 0 unspecified atom stereocenters. The number of fused-ring (bicyclic) bond motifs is 1. The zero-order chi connectivity index (χ0) is 18.1. The first-order chi connectivity index (χ1) is 12.6. The van der Waals surface area contributed by atoms with Crippen molar-refractivity contribution in [3.05, 3.63) is 57.4 Å². The maximum absolute atomic E-state index is 12.1. The number of carbonyl (C=O) groups is 1. The van der Waals surface area contributed by atoms with E-state index < -0.39 is 12.0 Å². The van der Waals surface area contributed by atoms with Gasteiger partial charge in [-0.3, -0.25) is 14.6 Å². The number of benzene rings is 1. The summed E-state index contributed by atoms with van der Waals surface area (Å²) >= 11 is 7.81. The van der Waals surface area contributed by atoms with Gasteiger partial charge in [-0.2, -0.15) is 0 Å². The van der Waals surface area contributed by atoms with Gasteiger partial charge in [-0.1, -0.05) is 23.7 Å². The summed E-state index contributed by atoms with van der Waals surface area (Å²) in [7, 11) is 0. The van der Waals surface area contributed by atoms with E-state index in [-0.39, 0.29) is 0 Å². The summed E-state index contributed by atoms with van der Waals surface area (Å²) < 4.78 is 0. The molecular formula is C19H20ClN3O2S. The summed E-state index contributed by atoms with van der Waals surface area (Å²) in [5.41, 5.74) is 1.67. The number of thiophene rings is 1. The highest BCUT2D eigenvalue weighted by Crippen LogP contribution is 2.31. The van der Waals surface area contributed by atoms with E-state index in [1.807, 2.05) is 12.1 Å². The maximum Gasteiger partial charge on any atom is 0.325 e. The van der Waals surface area contributed by atoms with Crippen molar-refractivity contribution in [2.45, 2.75) is 12.6 Å². The highest BCUT2D eigenvalue weighted by atomic mass is 35.5. The summed E-state index contributed by atoms with van der Waals surface area (Å²) in [5.74, 6) is -0.812. The number of halogens is 1. The molecule has 2 aromatic heterocycles. The van der Waals surface area contributed by atoms with E-state index in [0.717, 1.165) is 49.2 Å². The van der Waals surface area contributed by atoms with E-state index in [1.54, 1.807) is 23.6 Å². The smallest absolute Gasteiger partial charge is 0.325 e. The molecule has 0 aliphatic carbocycles. The Hall–Kier alpha value is -1.86. The molecule has 0 amide bonds. The number of aromatic amines is 1. The third kappa shape index (κ3) is 3.50. The van der Waals surface area contributed by atoms with Crippen molar-refractivity contribution in [2.75, 3.05) is 26.2 Å². The van der Waals surface area contributed by atoms with Crippen molar-refractivity contribution < 1.29 is 9.90 Å². The molecular weight excluding hydrogens is 370 g/mol. The lowest BCUT2D eigenvalue weighted by Crippen LogP contribution is -2.48. The van der Waals surface area contributed by atoms with Crippen LogP contribution in [0.15, 0.2) is 41.9 Å². The van der Waals surface area contributed by atoms with E-state index in [1.165, 1.54) is 4.88 Å². The molecule has 3 heterocycles. The number of hydrogen-bond donors (Lipinski definition) is 2. The summed E-state index contributed by atoms with van der Waals surface area (Å²) in [6.07, 6.45) is 1.80. The molecule has 1 aliphatic rings. The van der Waals surface area contributed by atoms with Crippen LogP contribution in [0.2, 0.25) is 5.02 Å². The minimum Gasteiger partial charge on any atom is -0.480 e. The topological polar surface area (TPSA) is 59.6 Å². The van der Waals surface area contributed by atoms with Gasteiger partial charge in [0.1, 0.15) is 6.04 Å². The number of carboxylic acid groups (broad SMARTS) is 1. The van der Waals surface area contributed by atoms with Crippen LogP contribution in [0.5, 0.6) is 0 Å². The zero-order valence-electron chi connectivity index (χ0n) is 14.2. The minimum atomic E-state index is -0.812. The number of nitrogens with zero attached hydrogens (tertiary/aromatic N) is 2. The Balaban J connectivity index is 1.51. The monoisotopic (exact) mass is 389 g/mol. The van der Waals surface area contributed by atoms with E-state index >= 15 is 0 Å². The molecule has 7 heteroatoms. The Morgan fingerprint density at radius 1 is 1.27 bits per heavy atom. The first-order valence-corrected chi connectivity index (χ1v) is 9.86. The van der Waals surface area contributed by atoms with E-state index in [9.17, 15) is 9.90 Å². The third-order valence-corrected chi connectivity index (χ3v) is 6.03. The molecule has 5 nitrogen and oxygen atoms in total. The Kier molecular flexibility index (Phi) is 5.00. The fourth-order valence-corrected chi connectivity index (χ4v) is 4.55. The summed E-state index contributed by atoms with van der Waals surface area (Å²) in [5, 5.41) is 13.5. The number of piperazine rings is 1. The third-order valence-electron chi connectivity index (χ3n) is 4.94. The predicted octanol–water partition coefficient (Wildman–Crippen LogP) is 3.83. The van der Waals surface area contributed by atoms with Crippen molar-refractivity contribution >= 4 is 39.8 Å². The average Bonchev–Trinajstić information content (AvgIpc) is 3.26. The fourth-order valence-electron chi connectivity index (χ4n) is 3.64. The molecule has 3 aromatic rings. The Labute approximate surface area is 160 Å². The standard InChI is InChI=1S/C19H20ClN3O2S/c20-13-3-4-15-16(11-21-17(15)10-13)18(19(24)25)23-7-5-22(6-8-23)12-14-2-1-9-26-14/h1-4,9-11,18,21H,5-8,12H2,(H,24,25)/t18-/m1/s1. The molecule has 136 valence electrons. The van der Waals surface area contributed by atoms with Gasteiger partial charge in [0.2, 0.25) is 0 Å². The van der Waals surface area contributed by atoms with Crippen molar-refractivity contribution in [1.29, 1.82) is 0 Å². The number of rotatable bonds is 5. The molecule has 4 rings (SSSR count). The second-order valence-corrected chi connectivity index (χ2v) is 8.03. The number of nitrogens with one attached hydrogen (secondary N) is 1. The van der Waals surface area contributed by atoms with Gasteiger partial charge < -0.3 is 10.1 Å². The number of hydrogen-bond acceptors (Lipinski definition) is 4. The van der Waals surface area contributed by atoms with Crippen LogP contribution in [0.3, 0.4) is 0 Å². The van der Waals surface area contributed by atoms with Gasteiger partial charge >= 0.3 is 5.97 Å². The molecule has 0 spiro atoms. The number of H-pyrrole nitrogens is 1. The molecule has 2 N–H and O–H groups in total. The van der Waals surface area contributed by atoms with Gasteiger partial charge in [-0.05, 0) is 23.6 Å². The van der Waals surface area contributed by atoms with E-state index in [0.29, 0.717) is 5.02 Å². The lowest BCUT2D eigenvalue weighted by atomic mass is 10.0. The van der Waals surface area contributed by atoms with Gasteiger partial charge in [0, 0.05) is 65.3 Å². The SMILES string of the molecule is O=C(O)[C@@H](c1c[nH]c2cc(Cl)ccc12)N1CCN(Cc2cccs2)CC1. The zero-order valence-corrected chi connectivity index (χ0v) is 15.8. The van der Waals surface area contributed by atoms with Crippen LogP contribution in [-0.4, -0.2) is 52.0 Å². The maximum atomic E-state index is 12.1. The van der Waals surface area contributed by atoms with Crippen LogP contribution < -0.4 is 0 Å². The van der Waals surface area contributed by atoms with E-state index in [4.69, 9.17) is 11.6 Å². The highest BCUT2D eigenvalue weighted by Gasteiger charge is 2.32. The van der Waals surface area contributed by atoms with Crippen LogP contribution in [0.1, 0.15) is 16.5 Å². The molecule has 1 aliphatic heterocycles. The second kappa shape index (κ2) is 7.40. The van der Waals surface area contributed by atoms with Gasteiger partial charge in [0.15, 0.2) is 0 Å². The molecule has 1 fully saturated rings. The Morgan fingerprint density at radius 3 is 2.77 bits per heavy atom. The summed E-state index contributed by atoms with van der Waals surface area (Å²) in [6, 6.07) is 9.10. The average molecular weight is 390 g/mol. The largest absolute Gasteiger partial charge is 0.480 e. The van der Waals surface area contributed by atoms with E-state index in [2.05, 4.69) is 32.3 Å². The number of carboxylic acids is 1. The fraction of sp³-hybridized carbons (Fsp3) is 0.316. The first-order valence-electron chi connectivity index (χ1n) is 8.60. The lowest BCUT2D eigenvalue weighted by molar-refractivity contribution is -0.144. The number of aliphatic carboxylic acids is 1. The predicted molar refractivity (Wildman–Crippen MR) is 105 cm³/mol. The van der Waals surface area contributed by atoms with Crippen LogP contribution in [-0.2, 0) is 11.3 Å². The van der Waals surface area contributed by atoms with Gasteiger partial charge in [0.25, 0.3) is 0 Å². The molecule has 0 saturated carbocycles. The molecule has 1 saturated heterocycles. The van der Waals surface area contributed by atoms with Crippen molar-refractivity contribution in [3.63, 3.8) is 0 Å². The highest BCUT2D eigenvalue weighted by molar-refractivity contribution is 7.09. The van der Waals surface area contributed by atoms with Crippen LogP contribution >= 0.6 is 22.9 Å². The normalized spacial score (nSPS) is 17.6. The lowest BCUT2D eigenvalue weighted by Gasteiger charge is -2.37. The summed E-state index contributed by atoms with van der Waals surface area (Å²) in [6.45, 7) is 4.16. The summed E-state index contributed by atoms with van der Waals surface area (Å²) in [4.78, 5) is 21.0. The van der Waals surface area contributed by atoms with Gasteiger partial charge in [0.05, 0.1) is 0 Å². The molecule has 1 atom stereocenters. The Morgan fingerprint density at radius 2 is 2.08 bits per heavy atom. The quantitative estimate of drug-likeness (QED) is 0.696. The Bertz CT molecular complexity index is 901. The second-order valence-electron chi connectivity index (χ2n) is 6.57. The number of aromatic nitrogens is 1. The molecule has 0 radical (unpaired) electrons. The van der Waals surface area contributed by atoms with Crippen LogP contribution in [0.4, 0.5) is 0 Å². The molecule has 0 bridgehead atoms. The van der Waals surface area contributed by atoms with Crippen molar-refractivity contribution in [2.24, 2.45) is 0 Å². The molecule has 1 aromatic carbocycles. The first kappa shape index (κ1) is 17.5. The van der Waals surface area contributed by atoms with Crippen LogP contribution in [0.25, 0.3) is 10.9 Å². The van der Waals surface area contributed by atoms with Gasteiger partial charge in [-0.15, -0.1) is 11.3 Å². The van der Waals surface area contributed by atoms with Gasteiger partial charge in [-0.25, -0.2) is 0 Å². The van der Waals surface area contributed by atoms with Crippen molar-refractivity contribution in [3.8, 4) is 0 Å².